The highest BCUT2D eigenvalue weighted by molar-refractivity contribution is 5.99. The van der Waals surface area contributed by atoms with Gasteiger partial charge in [0.05, 0.1) is 0 Å². The molecule has 1 aliphatic heterocycles. The minimum Gasteiger partial charge on any atom is -0.451 e. The fraction of sp³-hybridized carbons (Fsp3) is 0.304. The standard InChI is InChI=1S/C23H24FN3O3/c1-15-19-9-2-3-10-20(19)30-21(15)22(28)27-11-5-6-16(14-27)13-25-23(29)26-18-8-4-7-17(24)12-18/h2-4,7-10,12,16H,5-6,11,13-14H2,1H3,(H2,25,26,29). The van der Waals surface area contributed by atoms with E-state index in [2.05, 4.69) is 10.6 Å². The molecule has 0 spiro atoms. The van der Waals surface area contributed by atoms with Gasteiger partial charge < -0.3 is 20.0 Å². The summed E-state index contributed by atoms with van der Waals surface area (Å²) in [5.41, 5.74) is 1.96. The number of hydrogen-bond acceptors (Lipinski definition) is 3. The van der Waals surface area contributed by atoms with E-state index < -0.39 is 11.8 Å². The smallest absolute Gasteiger partial charge is 0.319 e. The van der Waals surface area contributed by atoms with Crippen LogP contribution < -0.4 is 10.6 Å². The van der Waals surface area contributed by atoms with E-state index in [1.165, 1.54) is 18.2 Å². The third-order valence-electron chi connectivity index (χ3n) is 5.48. The lowest BCUT2D eigenvalue weighted by Crippen LogP contribution is -2.44. The van der Waals surface area contributed by atoms with Gasteiger partial charge in [-0.15, -0.1) is 0 Å². The van der Waals surface area contributed by atoms with Crippen molar-refractivity contribution in [1.82, 2.24) is 10.2 Å². The van der Waals surface area contributed by atoms with Crippen LogP contribution in [0.25, 0.3) is 11.0 Å². The molecule has 156 valence electrons. The zero-order chi connectivity index (χ0) is 21.1. The van der Waals surface area contributed by atoms with Crippen molar-refractivity contribution in [2.45, 2.75) is 19.8 Å². The second-order valence-electron chi connectivity index (χ2n) is 7.66. The Kier molecular flexibility index (Phi) is 5.70. The summed E-state index contributed by atoms with van der Waals surface area (Å²) in [7, 11) is 0. The number of amides is 3. The Morgan fingerprint density at radius 1 is 1.20 bits per heavy atom. The van der Waals surface area contributed by atoms with Gasteiger partial charge >= 0.3 is 6.03 Å². The molecule has 3 aromatic rings. The predicted octanol–water partition coefficient (Wildman–Crippen LogP) is 4.55. The molecule has 0 bridgehead atoms. The largest absolute Gasteiger partial charge is 0.451 e. The van der Waals surface area contributed by atoms with Gasteiger partial charge in [0.15, 0.2) is 5.76 Å². The van der Waals surface area contributed by atoms with Crippen LogP contribution in [0.3, 0.4) is 0 Å². The van der Waals surface area contributed by atoms with Crippen LogP contribution in [0.1, 0.15) is 29.0 Å². The summed E-state index contributed by atoms with van der Waals surface area (Å²) in [6.07, 6.45) is 1.78. The molecule has 1 unspecified atom stereocenters. The summed E-state index contributed by atoms with van der Waals surface area (Å²) in [5, 5.41) is 6.39. The highest BCUT2D eigenvalue weighted by Crippen LogP contribution is 2.27. The predicted molar refractivity (Wildman–Crippen MR) is 113 cm³/mol. The van der Waals surface area contributed by atoms with Crippen molar-refractivity contribution in [3.63, 3.8) is 0 Å². The fourth-order valence-electron chi connectivity index (χ4n) is 3.92. The number of fused-ring (bicyclic) bond motifs is 1. The van der Waals surface area contributed by atoms with Crippen molar-refractivity contribution in [1.29, 1.82) is 0 Å². The zero-order valence-corrected chi connectivity index (χ0v) is 16.8. The van der Waals surface area contributed by atoms with Gasteiger partial charge in [-0.05, 0) is 49.9 Å². The summed E-state index contributed by atoms with van der Waals surface area (Å²) < 4.78 is 19.1. The Labute approximate surface area is 174 Å². The minimum atomic E-state index is -0.407. The maximum Gasteiger partial charge on any atom is 0.319 e. The van der Waals surface area contributed by atoms with Crippen molar-refractivity contribution in [2.75, 3.05) is 25.0 Å². The first-order chi connectivity index (χ1) is 14.5. The molecule has 2 heterocycles. The quantitative estimate of drug-likeness (QED) is 0.664. The molecule has 1 aliphatic rings. The first-order valence-corrected chi connectivity index (χ1v) is 10.1. The molecule has 1 aromatic heterocycles. The molecule has 0 aliphatic carbocycles. The number of carbonyl (C=O) groups excluding carboxylic acids is 2. The van der Waals surface area contributed by atoms with Gasteiger partial charge in [0, 0.05) is 36.3 Å². The van der Waals surface area contributed by atoms with Crippen LogP contribution in [0.5, 0.6) is 0 Å². The fourth-order valence-corrected chi connectivity index (χ4v) is 3.92. The summed E-state index contributed by atoms with van der Waals surface area (Å²) in [6, 6.07) is 13.0. The van der Waals surface area contributed by atoms with Crippen LogP contribution >= 0.6 is 0 Å². The molecular formula is C23H24FN3O3. The van der Waals surface area contributed by atoms with Gasteiger partial charge in [0.2, 0.25) is 0 Å². The number of para-hydroxylation sites is 1. The first kappa shape index (κ1) is 19.9. The average Bonchev–Trinajstić information content (AvgIpc) is 3.09. The molecular weight excluding hydrogens is 385 g/mol. The molecule has 1 atom stereocenters. The van der Waals surface area contributed by atoms with Crippen molar-refractivity contribution >= 4 is 28.6 Å². The number of piperidine rings is 1. The van der Waals surface area contributed by atoms with Crippen LogP contribution in [0, 0.1) is 18.7 Å². The molecule has 1 saturated heterocycles. The van der Waals surface area contributed by atoms with E-state index in [0.29, 0.717) is 36.7 Å². The normalized spacial score (nSPS) is 16.5. The number of nitrogens with zero attached hydrogens (tertiary/aromatic N) is 1. The van der Waals surface area contributed by atoms with Crippen molar-refractivity contribution in [3.8, 4) is 0 Å². The Bertz CT molecular complexity index is 1080. The Balaban J connectivity index is 1.35. The van der Waals surface area contributed by atoms with Crippen molar-refractivity contribution < 1.29 is 18.4 Å². The monoisotopic (exact) mass is 409 g/mol. The number of rotatable bonds is 4. The van der Waals surface area contributed by atoms with Gasteiger partial charge in [0.25, 0.3) is 5.91 Å². The second kappa shape index (κ2) is 8.57. The van der Waals surface area contributed by atoms with Crippen molar-refractivity contribution in [2.24, 2.45) is 5.92 Å². The second-order valence-corrected chi connectivity index (χ2v) is 7.66. The Morgan fingerprint density at radius 2 is 2.03 bits per heavy atom. The van der Waals surface area contributed by atoms with Gasteiger partial charge in [0.1, 0.15) is 11.4 Å². The number of benzene rings is 2. The van der Waals surface area contributed by atoms with E-state index in [0.717, 1.165) is 23.8 Å². The summed E-state index contributed by atoms with van der Waals surface area (Å²) in [4.78, 5) is 26.9. The molecule has 7 heteroatoms. The lowest BCUT2D eigenvalue weighted by atomic mass is 9.97. The highest BCUT2D eigenvalue weighted by Gasteiger charge is 2.28. The van der Waals surface area contributed by atoms with E-state index in [1.54, 1.807) is 11.0 Å². The Hall–Kier alpha value is -3.35. The zero-order valence-electron chi connectivity index (χ0n) is 16.8. The van der Waals surface area contributed by atoms with Crippen LogP contribution in [0.15, 0.2) is 52.9 Å². The first-order valence-electron chi connectivity index (χ1n) is 10.1. The topological polar surface area (TPSA) is 74.6 Å². The number of anilines is 1. The number of halogens is 1. The molecule has 0 radical (unpaired) electrons. The number of likely N-dealkylation sites (tertiary alicyclic amines) is 1. The van der Waals surface area contributed by atoms with E-state index >= 15 is 0 Å². The summed E-state index contributed by atoms with van der Waals surface area (Å²) >= 11 is 0. The molecule has 6 nitrogen and oxygen atoms in total. The molecule has 2 aromatic carbocycles. The summed E-state index contributed by atoms with van der Waals surface area (Å²) in [6.45, 7) is 3.56. The van der Waals surface area contributed by atoms with E-state index in [9.17, 15) is 14.0 Å². The highest BCUT2D eigenvalue weighted by atomic mass is 19.1. The van der Waals surface area contributed by atoms with Gasteiger partial charge in [-0.25, -0.2) is 9.18 Å². The number of hydrogen-bond donors (Lipinski definition) is 2. The number of furan rings is 1. The van der Waals surface area contributed by atoms with E-state index in [-0.39, 0.29) is 11.8 Å². The molecule has 3 amide bonds. The molecule has 1 fully saturated rings. The molecule has 4 rings (SSSR count). The van der Waals surface area contributed by atoms with Crippen molar-refractivity contribution in [3.05, 3.63) is 65.7 Å². The van der Waals surface area contributed by atoms with Crippen LogP contribution in [-0.2, 0) is 0 Å². The van der Waals surface area contributed by atoms with Crippen LogP contribution in [0.2, 0.25) is 0 Å². The van der Waals surface area contributed by atoms with Gasteiger partial charge in [-0.2, -0.15) is 0 Å². The maximum atomic E-state index is 13.2. The number of aryl methyl sites for hydroxylation is 1. The number of nitrogens with one attached hydrogen (secondary N) is 2. The number of urea groups is 1. The third kappa shape index (κ3) is 4.30. The third-order valence-corrected chi connectivity index (χ3v) is 5.48. The van der Waals surface area contributed by atoms with Gasteiger partial charge in [-0.1, -0.05) is 24.3 Å². The molecule has 2 N–H and O–H groups in total. The summed E-state index contributed by atoms with van der Waals surface area (Å²) in [5.74, 6) is 0.00651. The number of carbonyl (C=O) groups is 2. The average molecular weight is 409 g/mol. The van der Waals surface area contributed by atoms with Gasteiger partial charge in [-0.3, -0.25) is 4.79 Å². The van der Waals surface area contributed by atoms with E-state index in [1.807, 2.05) is 31.2 Å². The lowest BCUT2D eigenvalue weighted by molar-refractivity contribution is 0.0644. The SMILES string of the molecule is Cc1c(C(=O)N2CCCC(CNC(=O)Nc3cccc(F)c3)C2)oc2ccccc12. The van der Waals surface area contributed by atoms with Crippen LogP contribution in [0.4, 0.5) is 14.9 Å². The molecule has 30 heavy (non-hydrogen) atoms. The minimum absolute atomic E-state index is 0.113. The maximum absolute atomic E-state index is 13.2. The Morgan fingerprint density at radius 3 is 2.83 bits per heavy atom. The molecule has 0 saturated carbocycles. The lowest BCUT2D eigenvalue weighted by Gasteiger charge is -2.32. The van der Waals surface area contributed by atoms with Crippen LogP contribution in [-0.4, -0.2) is 36.5 Å². The van der Waals surface area contributed by atoms with E-state index in [4.69, 9.17) is 4.42 Å².